The van der Waals surface area contributed by atoms with E-state index in [2.05, 4.69) is 47.3 Å². The van der Waals surface area contributed by atoms with E-state index in [1.807, 2.05) is 6.07 Å². The summed E-state index contributed by atoms with van der Waals surface area (Å²) >= 11 is 8.63. The van der Waals surface area contributed by atoms with Crippen LogP contribution in [0.1, 0.15) is 36.7 Å². The Morgan fingerprint density at radius 2 is 1.77 bits per heavy atom. The molecule has 0 radical (unpaired) electrons. The third-order valence-corrected chi connectivity index (χ3v) is 4.46. The van der Waals surface area contributed by atoms with Crippen molar-refractivity contribution in [2.24, 2.45) is 0 Å². The van der Waals surface area contributed by atoms with Gasteiger partial charge in [-0.05, 0) is 47.5 Å². The highest BCUT2D eigenvalue weighted by Crippen LogP contribution is 2.30. The van der Waals surface area contributed by atoms with Crippen LogP contribution in [-0.2, 0) is 5.41 Å². The summed E-state index contributed by atoms with van der Waals surface area (Å²) in [4.78, 5) is 22.5. The Hall–Kier alpha value is -2.32. The second-order valence-electron chi connectivity index (χ2n) is 6.66. The molecule has 0 unspecified atom stereocenters. The largest absolute Gasteiger partial charge is 0.332 e. The van der Waals surface area contributed by atoms with E-state index in [0.29, 0.717) is 11.3 Å². The number of nitrogens with zero attached hydrogens (tertiary/aromatic N) is 1. The molecule has 0 fully saturated rings. The number of halogens is 1. The molecule has 0 aliphatic carbocycles. The van der Waals surface area contributed by atoms with Crippen LogP contribution in [0.2, 0.25) is 0 Å². The lowest BCUT2D eigenvalue weighted by molar-refractivity contribution is -0.384. The van der Waals surface area contributed by atoms with Crippen LogP contribution in [0.3, 0.4) is 0 Å². The molecular formula is C18H18BrN3O3S. The first-order valence-electron chi connectivity index (χ1n) is 7.75. The van der Waals surface area contributed by atoms with Crippen LogP contribution in [0.5, 0.6) is 0 Å². The fourth-order valence-corrected chi connectivity index (χ4v) is 3.45. The van der Waals surface area contributed by atoms with Gasteiger partial charge in [0.15, 0.2) is 5.11 Å². The molecule has 8 heteroatoms. The molecule has 136 valence electrons. The number of non-ortho nitro benzene ring substituents is 1. The number of anilines is 1. The minimum absolute atomic E-state index is 0.0192. The molecule has 2 N–H and O–H groups in total. The molecule has 26 heavy (non-hydrogen) atoms. The maximum atomic E-state index is 12.4. The number of rotatable bonds is 3. The van der Waals surface area contributed by atoms with Crippen LogP contribution in [-0.4, -0.2) is 15.9 Å². The zero-order valence-electron chi connectivity index (χ0n) is 14.5. The lowest BCUT2D eigenvalue weighted by atomic mass is 9.86. The molecular weight excluding hydrogens is 418 g/mol. The summed E-state index contributed by atoms with van der Waals surface area (Å²) in [5.41, 5.74) is 2.05. The lowest BCUT2D eigenvalue weighted by Gasteiger charge is -2.21. The molecule has 0 aliphatic heterocycles. The van der Waals surface area contributed by atoms with Gasteiger partial charge in [-0.15, -0.1) is 0 Å². The predicted octanol–water partition coefficient (Wildman–Crippen LogP) is 4.78. The maximum Gasteiger partial charge on any atom is 0.269 e. The fraction of sp³-hybridized carbons (Fsp3) is 0.222. The van der Waals surface area contributed by atoms with Gasteiger partial charge in [-0.3, -0.25) is 20.2 Å². The van der Waals surface area contributed by atoms with Crippen LogP contribution < -0.4 is 10.6 Å². The Morgan fingerprint density at radius 3 is 2.27 bits per heavy atom. The molecule has 2 aromatic rings. The second-order valence-corrected chi connectivity index (χ2v) is 7.92. The highest BCUT2D eigenvalue weighted by molar-refractivity contribution is 9.10. The summed E-state index contributed by atoms with van der Waals surface area (Å²) in [6, 6.07) is 11.2. The average Bonchev–Trinajstić information content (AvgIpc) is 2.53. The maximum absolute atomic E-state index is 12.4. The number of nitro benzene ring substituents is 1. The quantitative estimate of drug-likeness (QED) is 0.411. The monoisotopic (exact) mass is 435 g/mol. The summed E-state index contributed by atoms with van der Waals surface area (Å²) in [5.74, 6) is -0.342. The van der Waals surface area contributed by atoms with E-state index in [9.17, 15) is 14.9 Å². The highest BCUT2D eigenvalue weighted by Gasteiger charge is 2.18. The number of nitro groups is 1. The molecule has 2 rings (SSSR count). The molecule has 0 bridgehead atoms. The molecule has 0 heterocycles. The van der Waals surface area contributed by atoms with Crippen molar-refractivity contribution < 1.29 is 9.72 Å². The zero-order chi connectivity index (χ0) is 19.5. The summed E-state index contributed by atoms with van der Waals surface area (Å²) in [5, 5.41) is 16.2. The van der Waals surface area contributed by atoms with Crippen molar-refractivity contribution in [3.8, 4) is 0 Å². The average molecular weight is 436 g/mol. The van der Waals surface area contributed by atoms with E-state index in [-0.39, 0.29) is 22.1 Å². The summed E-state index contributed by atoms with van der Waals surface area (Å²) in [7, 11) is 0. The van der Waals surface area contributed by atoms with Crippen molar-refractivity contribution >= 4 is 50.5 Å². The number of carbonyl (C=O) groups excluding carboxylic acids is 1. The van der Waals surface area contributed by atoms with Crippen LogP contribution in [0.4, 0.5) is 11.4 Å². The topological polar surface area (TPSA) is 84.3 Å². The summed E-state index contributed by atoms with van der Waals surface area (Å²) in [6.07, 6.45) is 0. The Balaban J connectivity index is 2.04. The molecule has 0 aromatic heterocycles. The molecule has 0 atom stereocenters. The van der Waals surface area contributed by atoms with Gasteiger partial charge in [0, 0.05) is 27.9 Å². The minimum atomic E-state index is -0.483. The van der Waals surface area contributed by atoms with E-state index >= 15 is 0 Å². The van der Waals surface area contributed by atoms with Gasteiger partial charge in [0.05, 0.1) is 4.92 Å². The minimum Gasteiger partial charge on any atom is -0.332 e. The third-order valence-electron chi connectivity index (χ3n) is 3.60. The Bertz CT molecular complexity index is 861. The van der Waals surface area contributed by atoms with Crippen molar-refractivity contribution in [2.45, 2.75) is 26.2 Å². The molecule has 0 saturated heterocycles. The van der Waals surface area contributed by atoms with Gasteiger partial charge in [0.1, 0.15) is 0 Å². The Labute approximate surface area is 165 Å². The van der Waals surface area contributed by atoms with Gasteiger partial charge in [-0.2, -0.15) is 0 Å². The van der Waals surface area contributed by atoms with E-state index in [1.165, 1.54) is 24.3 Å². The van der Waals surface area contributed by atoms with Crippen molar-refractivity contribution in [1.29, 1.82) is 0 Å². The van der Waals surface area contributed by atoms with Gasteiger partial charge in [-0.1, -0.05) is 42.8 Å². The van der Waals surface area contributed by atoms with Gasteiger partial charge < -0.3 is 5.32 Å². The molecule has 0 saturated carbocycles. The van der Waals surface area contributed by atoms with Gasteiger partial charge >= 0.3 is 0 Å². The molecule has 6 nitrogen and oxygen atoms in total. The normalized spacial score (nSPS) is 10.9. The first kappa shape index (κ1) is 20.0. The van der Waals surface area contributed by atoms with E-state index in [4.69, 9.17) is 12.2 Å². The molecule has 1 amide bonds. The summed E-state index contributed by atoms with van der Waals surface area (Å²) < 4.78 is 0.854. The number of benzene rings is 2. The fourth-order valence-electron chi connectivity index (χ4n) is 2.27. The standard InChI is InChI=1S/C18H18BrN3O3S/c1-18(2,3)14-9-4-11(10-15(14)19)16(23)21-17(26)20-12-5-7-13(8-6-12)22(24)25/h4-10H,1-3H3,(H2,20,21,23,26). The van der Waals surface area contributed by atoms with E-state index in [1.54, 1.807) is 12.1 Å². The van der Waals surface area contributed by atoms with Crippen molar-refractivity contribution in [3.05, 3.63) is 68.2 Å². The molecule has 0 aliphatic rings. The molecule has 2 aromatic carbocycles. The summed E-state index contributed by atoms with van der Waals surface area (Å²) in [6.45, 7) is 6.28. The van der Waals surface area contributed by atoms with Gasteiger partial charge in [0.25, 0.3) is 11.6 Å². The van der Waals surface area contributed by atoms with Gasteiger partial charge in [-0.25, -0.2) is 0 Å². The molecule has 0 spiro atoms. The predicted molar refractivity (Wildman–Crippen MR) is 110 cm³/mol. The number of hydrogen-bond acceptors (Lipinski definition) is 4. The van der Waals surface area contributed by atoms with Crippen LogP contribution in [0, 0.1) is 10.1 Å². The van der Waals surface area contributed by atoms with Crippen LogP contribution in [0.25, 0.3) is 0 Å². The zero-order valence-corrected chi connectivity index (χ0v) is 16.9. The Morgan fingerprint density at radius 1 is 1.15 bits per heavy atom. The van der Waals surface area contributed by atoms with Crippen LogP contribution in [0.15, 0.2) is 46.9 Å². The van der Waals surface area contributed by atoms with Crippen molar-refractivity contribution in [3.63, 3.8) is 0 Å². The third kappa shape index (κ3) is 5.09. The van der Waals surface area contributed by atoms with E-state index in [0.717, 1.165) is 10.0 Å². The number of hydrogen-bond donors (Lipinski definition) is 2. The van der Waals surface area contributed by atoms with Crippen LogP contribution >= 0.6 is 28.1 Å². The first-order chi connectivity index (χ1) is 12.1. The number of thiocarbonyl (C=S) groups is 1. The number of carbonyl (C=O) groups is 1. The number of amides is 1. The van der Waals surface area contributed by atoms with Crippen molar-refractivity contribution in [2.75, 3.05) is 5.32 Å². The first-order valence-corrected chi connectivity index (χ1v) is 8.95. The van der Waals surface area contributed by atoms with Gasteiger partial charge in [0.2, 0.25) is 0 Å². The number of nitrogens with one attached hydrogen (secondary N) is 2. The smallest absolute Gasteiger partial charge is 0.269 e. The van der Waals surface area contributed by atoms with E-state index < -0.39 is 4.92 Å². The lowest BCUT2D eigenvalue weighted by Crippen LogP contribution is -2.34. The highest BCUT2D eigenvalue weighted by atomic mass is 79.9. The second kappa shape index (κ2) is 7.92. The SMILES string of the molecule is CC(C)(C)c1ccc(C(=O)NC(=S)Nc2ccc([N+](=O)[O-])cc2)cc1Br. The van der Waals surface area contributed by atoms with Crippen molar-refractivity contribution in [1.82, 2.24) is 5.32 Å². The Kier molecular flexibility index (Phi) is 6.09.